The molecular weight excluding hydrogens is 355 g/mol. The molecule has 1 aliphatic heterocycles. The number of rotatable bonds is 17. The molecule has 0 spiro atoms. The molecule has 0 amide bonds. The van der Waals surface area contributed by atoms with Crippen molar-refractivity contribution in [3.05, 3.63) is 0 Å². The maximum Gasteiger partial charge on any atom is 0.195 e. The fourth-order valence-electron chi connectivity index (χ4n) is 2.97. The van der Waals surface area contributed by atoms with Gasteiger partial charge in [-0.05, 0) is 0 Å². The van der Waals surface area contributed by atoms with E-state index < -0.39 is 0 Å². The second-order valence-corrected chi connectivity index (χ2v) is 9.25. The van der Waals surface area contributed by atoms with Gasteiger partial charge in [0.2, 0.25) is 0 Å². The van der Waals surface area contributed by atoms with E-state index in [2.05, 4.69) is 13.8 Å². The third-order valence-corrected chi connectivity index (χ3v) is 5.32. The smallest absolute Gasteiger partial charge is 0.116 e. The van der Waals surface area contributed by atoms with E-state index >= 15 is 0 Å². The standard InChI is InChI=1S/C20H42.C2H4.Al.Cu/c1-3-5-7-9-11-13-15-17-19-20-18-16-14-12-10-8-6-4-2;1-2;;/h3-20H2,1-2H3;1-2H2;;. The Bertz CT molecular complexity index is 174. The molecule has 1 aliphatic rings. The Morgan fingerprint density at radius 3 is 0.708 bits per heavy atom. The summed E-state index contributed by atoms with van der Waals surface area (Å²) in [6, 6.07) is 0. The zero-order chi connectivity index (χ0) is 16.8. The van der Waals surface area contributed by atoms with Gasteiger partial charge in [0, 0.05) is 17.1 Å². The van der Waals surface area contributed by atoms with E-state index in [0.29, 0.717) is 0 Å². The van der Waals surface area contributed by atoms with Gasteiger partial charge in [0.1, 0.15) is 0 Å². The molecular formula is C22H46AlCu. The fraction of sp³-hybridized carbons (Fsp3) is 1.00. The van der Waals surface area contributed by atoms with Gasteiger partial charge in [0.05, 0.1) is 0 Å². The Kier molecular flexibility index (Phi) is 29.9. The summed E-state index contributed by atoms with van der Waals surface area (Å²) in [5.74, 6) is 0. The molecule has 0 aromatic carbocycles. The average Bonchev–Trinajstić information content (AvgIpc) is 3.43. The minimum Gasteiger partial charge on any atom is -0.116 e. The SMILES string of the molecule is CCCCCCCCCCCCCCCCCCCC.[CH2]1[CH2][Al]1.[Cu]. The van der Waals surface area contributed by atoms with Gasteiger partial charge in [0.25, 0.3) is 0 Å². The maximum atomic E-state index is 2.30. The van der Waals surface area contributed by atoms with Crippen molar-refractivity contribution in [2.24, 2.45) is 0 Å². The van der Waals surface area contributed by atoms with Crippen molar-refractivity contribution in [2.75, 3.05) is 0 Å². The van der Waals surface area contributed by atoms with Crippen molar-refractivity contribution in [1.82, 2.24) is 0 Å². The van der Waals surface area contributed by atoms with E-state index in [4.69, 9.17) is 0 Å². The van der Waals surface area contributed by atoms with Gasteiger partial charge in [0.15, 0.2) is 15.2 Å². The Morgan fingerprint density at radius 1 is 0.417 bits per heavy atom. The van der Waals surface area contributed by atoms with E-state index in [0.717, 1.165) is 15.2 Å². The fourth-order valence-corrected chi connectivity index (χ4v) is 2.97. The Labute approximate surface area is 171 Å². The van der Waals surface area contributed by atoms with Crippen LogP contribution in [-0.4, -0.2) is 15.2 Å². The number of unbranched alkanes of at least 4 members (excludes halogenated alkanes) is 17. The van der Waals surface area contributed by atoms with Gasteiger partial charge in [-0.15, -0.1) is 10.6 Å². The predicted molar refractivity (Wildman–Crippen MR) is 110 cm³/mol. The van der Waals surface area contributed by atoms with Gasteiger partial charge in [-0.1, -0.05) is 129 Å². The van der Waals surface area contributed by atoms with Crippen molar-refractivity contribution in [2.45, 2.75) is 140 Å². The van der Waals surface area contributed by atoms with Crippen LogP contribution >= 0.6 is 0 Å². The molecule has 1 saturated heterocycles. The van der Waals surface area contributed by atoms with Gasteiger partial charge < -0.3 is 0 Å². The van der Waals surface area contributed by atoms with E-state index in [1.807, 2.05) is 0 Å². The summed E-state index contributed by atoms with van der Waals surface area (Å²) in [4.78, 5) is 0. The van der Waals surface area contributed by atoms with Crippen LogP contribution in [0.25, 0.3) is 0 Å². The van der Waals surface area contributed by atoms with E-state index in [9.17, 15) is 0 Å². The normalized spacial score (nSPS) is 11.9. The summed E-state index contributed by atoms with van der Waals surface area (Å²) in [7, 11) is 0. The molecule has 0 unspecified atom stereocenters. The first-order chi connectivity index (χ1) is 11.4. The minimum atomic E-state index is 0. The van der Waals surface area contributed by atoms with Crippen LogP contribution in [-0.2, 0) is 17.1 Å². The predicted octanol–water partition coefficient (Wildman–Crippen LogP) is 8.59. The molecule has 0 saturated carbocycles. The van der Waals surface area contributed by atoms with E-state index in [1.54, 1.807) is 10.6 Å². The molecule has 2 heteroatoms. The second-order valence-electron chi connectivity index (χ2n) is 7.52. The Hall–Kier alpha value is 1.05. The van der Waals surface area contributed by atoms with E-state index in [1.165, 1.54) is 116 Å². The molecule has 1 fully saturated rings. The second kappa shape index (κ2) is 26.3. The monoisotopic (exact) mass is 400 g/mol. The van der Waals surface area contributed by atoms with Crippen molar-refractivity contribution in [1.29, 1.82) is 0 Å². The van der Waals surface area contributed by atoms with Gasteiger partial charge in [-0.25, -0.2) is 0 Å². The first-order valence-corrected chi connectivity index (χ1v) is 12.9. The van der Waals surface area contributed by atoms with Crippen LogP contribution in [0.5, 0.6) is 0 Å². The molecule has 148 valence electrons. The van der Waals surface area contributed by atoms with Gasteiger partial charge >= 0.3 is 0 Å². The summed E-state index contributed by atoms with van der Waals surface area (Å²) >= 11 is 1.000. The van der Waals surface area contributed by atoms with E-state index in [-0.39, 0.29) is 17.1 Å². The first kappa shape index (κ1) is 27.3. The molecule has 0 atom stereocenters. The number of hydrogen-bond acceptors (Lipinski definition) is 0. The summed E-state index contributed by atoms with van der Waals surface area (Å²) in [6.45, 7) is 4.59. The van der Waals surface area contributed by atoms with Crippen LogP contribution in [0.15, 0.2) is 0 Å². The molecule has 24 heavy (non-hydrogen) atoms. The Morgan fingerprint density at radius 2 is 0.583 bits per heavy atom. The zero-order valence-corrected chi connectivity index (χ0v) is 19.1. The summed E-state index contributed by atoms with van der Waals surface area (Å²) < 4.78 is 0. The van der Waals surface area contributed by atoms with Crippen LogP contribution in [0.1, 0.15) is 129 Å². The zero-order valence-electron chi connectivity index (χ0n) is 17.0. The molecule has 0 aliphatic carbocycles. The van der Waals surface area contributed by atoms with Gasteiger partial charge in [-0.3, -0.25) is 0 Å². The molecule has 2 radical (unpaired) electrons. The van der Waals surface area contributed by atoms with Crippen molar-refractivity contribution >= 4 is 15.2 Å². The first-order valence-electron chi connectivity index (χ1n) is 11.2. The summed E-state index contributed by atoms with van der Waals surface area (Å²) in [5.41, 5.74) is 0. The van der Waals surface area contributed by atoms with Crippen molar-refractivity contribution in [3.63, 3.8) is 0 Å². The third-order valence-electron chi connectivity index (χ3n) is 4.75. The molecule has 1 heterocycles. The average molecular weight is 401 g/mol. The maximum absolute atomic E-state index is 2.30. The molecule has 0 bridgehead atoms. The summed E-state index contributed by atoms with van der Waals surface area (Å²) in [5, 5.41) is 3.17. The van der Waals surface area contributed by atoms with Crippen LogP contribution in [0.3, 0.4) is 0 Å². The van der Waals surface area contributed by atoms with Crippen LogP contribution in [0.2, 0.25) is 10.6 Å². The van der Waals surface area contributed by atoms with Crippen LogP contribution < -0.4 is 0 Å². The topological polar surface area (TPSA) is 0 Å². The number of hydrogen-bond donors (Lipinski definition) is 0. The molecule has 0 N–H and O–H groups in total. The minimum absolute atomic E-state index is 0. The quantitative estimate of drug-likeness (QED) is 0.169. The van der Waals surface area contributed by atoms with Gasteiger partial charge in [-0.2, -0.15) is 0 Å². The largest absolute Gasteiger partial charge is 0.195 e. The van der Waals surface area contributed by atoms with Crippen LogP contribution in [0, 0.1) is 0 Å². The van der Waals surface area contributed by atoms with Crippen molar-refractivity contribution in [3.8, 4) is 0 Å². The van der Waals surface area contributed by atoms with Crippen molar-refractivity contribution < 1.29 is 17.1 Å². The molecule has 0 aromatic heterocycles. The molecule has 0 aromatic rings. The Balaban J connectivity index is 0. The summed E-state index contributed by atoms with van der Waals surface area (Å²) in [6.07, 6.45) is 26.4. The third kappa shape index (κ3) is 30.9. The van der Waals surface area contributed by atoms with Crippen LogP contribution in [0.4, 0.5) is 0 Å². The molecule has 1 rings (SSSR count). The molecule has 0 nitrogen and oxygen atoms in total.